The summed E-state index contributed by atoms with van der Waals surface area (Å²) in [5.74, 6) is -1.52. The molecule has 148 valence electrons. The first-order valence-corrected chi connectivity index (χ1v) is 8.73. The molecule has 1 amide bonds. The van der Waals surface area contributed by atoms with Gasteiger partial charge in [-0.25, -0.2) is 9.50 Å². The summed E-state index contributed by atoms with van der Waals surface area (Å²) < 4.78 is 39.6. The fourth-order valence-electron chi connectivity index (χ4n) is 2.97. The van der Waals surface area contributed by atoms with E-state index in [4.69, 9.17) is 0 Å². The first-order chi connectivity index (χ1) is 13.1. The molecule has 28 heavy (non-hydrogen) atoms. The van der Waals surface area contributed by atoms with E-state index in [9.17, 15) is 18.0 Å². The van der Waals surface area contributed by atoms with Gasteiger partial charge in [0.05, 0.1) is 0 Å². The number of nitrogens with zero attached hydrogens (tertiary/aromatic N) is 4. The van der Waals surface area contributed by atoms with Crippen molar-refractivity contribution in [2.45, 2.75) is 46.7 Å². The van der Waals surface area contributed by atoms with Gasteiger partial charge in [0.2, 0.25) is 5.91 Å². The van der Waals surface area contributed by atoms with Crippen molar-refractivity contribution in [2.24, 2.45) is 0 Å². The molecule has 0 bridgehead atoms. The summed E-state index contributed by atoms with van der Waals surface area (Å²) in [7, 11) is 0. The standard InChI is InChI=1S/C19H20F3N5O/c1-10-5-6-14(9-11(10)2)24-16(28)8-7-15-12(3)23-18-25-17(19(20,21)22)26-27(18)13(15)4/h5-6,9H,7-8H2,1-4H3,(H,24,28). The minimum Gasteiger partial charge on any atom is -0.326 e. The zero-order chi connectivity index (χ0) is 20.6. The topological polar surface area (TPSA) is 72.2 Å². The molecule has 0 aliphatic rings. The molecule has 9 heteroatoms. The van der Waals surface area contributed by atoms with E-state index < -0.39 is 12.0 Å². The summed E-state index contributed by atoms with van der Waals surface area (Å²) in [6.07, 6.45) is -4.14. The van der Waals surface area contributed by atoms with Crippen LogP contribution in [0.2, 0.25) is 0 Å². The summed E-state index contributed by atoms with van der Waals surface area (Å²) in [5, 5.41) is 6.35. The van der Waals surface area contributed by atoms with Gasteiger partial charge in [-0.1, -0.05) is 6.07 Å². The van der Waals surface area contributed by atoms with Crippen molar-refractivity contribution in [3.63, 3.8) is 0 Å². The van der Waals surface area contributed by atoms with Crippen LogP contribution in [0.4, 0.5) is 18.9 Å². The van der Waals surface area contributed by atoms with Gasteiger partial charge < -0.3 is 5.32 Å². The maximum absolute atomic E-state index is 12.9. The van der Waals surface area contributed by atoms with Crippen molar-refractivity contribution in [3.8, 4) is 0 Å². The van der Waals surface area contributed by atoms with Gasteiger partial charge in [0, 0.05) is 23.5 Å². The first-order valence-electron chi connectivity index (χ1n) is 8.73. The van der Waals surface area contributed by atoms with Crippen LogP contribution in [-0.4, -0.2) is 25.5 Å². The molecule has 0 fully saturated rings. The number of benzene rings is 1. The monoisotopic (exact) mass is 391 g/mol. The summed E-state index contributed by atoms with van der Waals surface area (Å²) in [4.78, 5) is 19.8. The lowest BCUT2D eigenvalue weighted by molar-refractivity contribution is -0.144. The number of carbonyl (C=O) groups is 1. The van der Waals surface area contributed by atoms with Gasteiger partial charge in [-0.2, -0.15) is 18.2 Å². The predicted molar refractivity (Wildman–Crippen MR) is 98.1 cm³/mol. The highest BCUT2D eigenvalue weighted by atomic mass is 19.4. The molecule has 1 aromatic carbocycles. The van der Waals surface area contributed by atoms with Crippen molar-refractivity contribution >= 4 is 17.4 Å². The van der Waals surface area contributed by atoms with E-state index in [1.54, 1.807) is 13.8 Å². The quantitative estimate of drug-likeness (QED) is 0.731. The second kappa shape index (κ2) is 7.21. The molecule has 3 aromatic rings. The van der Waals surface area contributed by atoms with E-state index >= 15 is 0 Å². The molecule has 3 rings (SSSR count). The molecular formula is C19H20F3N5O. The lowest BCUT2D eigenvalue weighted by atomic mass is 10.1. The average Bonchev–Trinajstić information content (AvgIpc) is 3.02. The van der Waals surface area contributed by atoms with Crippen LogP contribution in [0.15, 0.2) is 18.2 Å². The Balaban J connectivity index is 1.78. The van der Waals surface area contributed by atoms with Crippen LogP contribution in [-0.2, 0) is 17.4 Å². The first kappa shape index (κ1) is 19.8. The van der Waals surface area contributed by atoms with Crippen LogP contribution < -0.4 is 5.32 Å². The summed E-state index contributed by atoms with van der Waals surface area (Å²) in [6, 6.07) is 5.66. The second-order valence-corrected chi connectivity index (χ2v) is 6.75. The van der Waals surface area contributed by atoms with E-state index in [-0.39, 0.29) is 18.1 Å². The van der Waals surface area contributed by atoms with Crippen molar-refractivity contribution in [3.05, 3.63) is 52.1 Å². The molecule has 0 aliphatic carbocycles. The number of hydrogen-bond donors (Lipinski definition) is 1. The van der Waals surface area contributed by atoms with E-state index in [0.29, 0.717) is 29.1 Å². The van der Waals surface area contributed by atoms with Gasteiger partial charge >= 0.3 is 6.18 Å². The Morgan fingerprint density at radius 3 is 2.46 bits per heavy atom. The molecule has 2 aromatic heterocycles. The number of rotatable bonds is 4. The average molecular weight is 391 g/mol. The van der Waals surface area contributed by atoms with Gasteiger partial charge in [-0.05, 0) is 62.9 Å². The molecule has 0 unspecified atom stereocenters. The number of carbonyl (C=O) groups excluding carboxylic acids is 1. The fraction of sp³-hybridized carbons (Fsp3) is 0.368. The van der Waals surface area contributed by atoms with Crippen molar-refractivity contribution in [1.29, 1.82) is 0 Å². The number of aromatic nitrogens is 4. The molecular weight excluding hydrogens is 371 g/mol. The van der Waals surface area contributed by atoms with Crippen molar-refractivity contribution in [1.82, 2.24) is 19.6 Å². The Bertz CT molecular complexity index is 1060. The maximum Gasteiger partial charge on any atom is 0.453 e. The summed E-state index contributed by atoms with van der Waals surface area (Å²) >= 11 is 0. The normalized spacial score (nSPS) is 11.8. The second-order valence-electron chi connectivity index (χ2n) is 6.75. The predicted octanol–water partition coefficient (Wildman–Crippen LogP) is 3.95. The van der Waals surface area contributed by atoms with E-state index in [2.05, 4.69) is 20.4 Å². The number of aryl methyl sites for hydroxylation is 4. The zero-order valence-corrected chi connectivity index (χ0v) is 16.0. The molecule has 0 spiro atoms. The van der Waals surface area contributed by atoms with E-state index in [0.717, 1.165) is 15.6 Å². The number of fused-ring (bicyclic) bond motifs is 1. The van der Waals surface area contributed by atoms with Crippen molar-refractivity contribution < 1.29 is 18.0 Å². The Morgan fingerprint density at radius 1 is 1.11 bits per heavy atom. The fourth-order valence-corrected chi connectivity index (χ4v) is 2.97. The molecule has 6 nitrogen and oxygen atoms in total. The molecule has 0 saturated heterocycles. The molecule has 0 aliphatic heterocycles. The van der Waals surface area contributed by atoms with Gasteiger partial charge in [0.25, 0.3) is 11.6 Å². The van der Waals surface area contributed by atoms with E-state index in [1.165, 1.54) is 0 Å². The number of halogens is 3. The SMILES string of the molecule is Cc1ccc(NC(=O)CCc2c(C)nc3nc(C(F)(F)F)nn3c2C)cc1C. The van der Waals surface area contributed by atoms with Crippen LogP contribution >= 0.6 is 0 Å². The van der Waals surface area contributed by atoms with Crippen LogP contribution in [0, 0.1) is 27.7 Å². The Labute approximate surface area is 159 Å². The number of nitrogens with one attached hydrogen (secondary N) is 1. The number of amides is 1. The van der Waals surface area contributed by atoms with Gasteiger partial charge in [0.1, 0.15) is 0 Å². The molecule has 2 heterocycles. The smallest absolute Gasteiger partial charge is 0.326 e. The third kappa shape index (κ3) is 3.97. The third-order valence-corrected chi connectivity index (χ3v) is 4.70. The highest BCUT2D eigenvalue weighted by Crippen LogP contribution is 2.27. The van der Waals surface area contributed by atoms with Crippen LogP contribution in [0.5, 0.6) is 0 Å². The highest BCUT2D eigenvalue weighted by Gasteiger charge is 2.36. The minimum absolute atomic E-state index is 0.106. The Morgan fingerprint density at radius 2 is 1.82 bits per heavy atom. The van der Waals surface area contributed by atoms with Gasteiger partial charge in [0.15, 0.2) is 0 Å². The zero-order valence-electron chi connectivity index (χ0n) is 16.0. The molecule has 0 saturated carbocycles. The Kier molecular flexibility index (Phi) is 5.10. The maximum atomic E-state index is 12.9. The highest BCUT2D eigenvalue weighted by molar-refractivity contribution is 5.91. The summed E-state index contributed by atoms with van der Waals surface area (Å²) in [5.41, 5.74) is 4.62. The van der Waals surface area contributed by atoms with Crippen LogP contribution in [0.1, 0.15) is 40.3 Å². The lowest BCUT2D eigenvalue weighted by Crippen LogP contribution is -2.14. The molecule has 0 atom stereocenters. The minimum atomic E-state index is -4.64. The third-order valence-electron chi connectivity index (χ3n) is 4.70. The summed E-state index contributed by atoms with van der Waals surface area (Å²) in [6.45, 7) is 7.29. The number of anilines is 1. The van der Waals surface area contributed by atoms with Crippen LogP contribution in [0.25, 0.3) is 5.78 Å². The number of hydrogen-bond acceptors (Lipinski definition) is 4. The molecule has 1 N–H and O–H groups in total. The van der Waals surface area contributed by atoms with Gasteiger partial charge in [-0.3, -0.25) is 4.79 Å². The van der Waals surface area contributed by atoms with Gasteiger partial charge in [-0.15, -0.1) is 5.10 Å². The largest absolute Gasteiger partial charge is 0.453 e. The Hall–Kier alpha value is -2.97. The molecule has 0 radical (unpaired) electrons. The number of alkyl halides is 3. The lowest BCUT2D eigenvalue weighted by Gasteiger charge is -2.11. The van der Waals surface area contributed by atoms with E-state index in [1.807, 2.05) is 32.0 Å². The van der Waals surface area contributed by atoms with Crippen molar-refractivity contribution in [2.75, 3.05) is 5.32 Å². The van der Waals surface area contributed by atoms with Crippen LogP contribution in [0.3, 0.4) is 0 Å².